The van der Waals surface area contributed by atoms with Gasteiger partial charge in [-0.25, -0.2) is 19.1 Å². The van der Waals surface area contributed by atoms with Crippen LogP contribution in [0, 0.1) is 24.6 Å². The summed E-state index contributed by atoms with van der Waals surface area (Å²) in [6, 6.07) is 14.0. The summed E-state index contributed by atoms with van der Waals surface area (Å²) in [7, 11) is 0. The maximum Gasteiger partial charge on any atom is 0.424 e. The lowest BCUT2D eigenvalue weighted by Crippen LogP contribution is -2.38. The molecule has 6 rings (SSSR count). The number of hydrogen-bond acceptors (Lipinski definition) is 10. The van der Waals surface area contributed by atoms with Crippen LogP contribution in [0.4, 0.5) is 20.9 Å². The van der Waals surface area contributed by atoms with E-state index < -0.39 is 24.4 Å². The van der Waals surface area contributed by atoms with Crippen LogP contribution in [-0.4, -0.2) is 69.4 Å². The summed E-state index contributed by atoms with van der Waals surface area (Å²) in [5.74, 6) is -0.278. The molecule has 4 N–H and O–H groups in total. The van der Waals surface area contributed by atoms with Crippen LogP contribution in [0.25, 0.3) is 11.5 Å². The summed E-state index contributed by atoms with van der Waals surface area (Å²) >= 11 is 0. The number of nitrogens with one attached hydrogen (secondary N) is 1. The smallest absolute Gasteiger partial charge is 0.403 e. The van der Waals surface area contributed by atoms with Crippen LogP contribution in [0.2, 0.25) is 0 Å². The van der Waals surface area contributed by atoms with Crippen LogP contribution < -0.4 is 20.7 Å². The zero-order chi connectivity index (χ0) is 38.2. The number of allylic oxidation sites excluding steroid dienone is 1. The van der Waals surface area contributed by atoms with Crippen LogP contribution in [0.1, 0.15) is 79.6 Å². The molecule has 286 valence electrons. The van der Waals surface area contributed by atoms with E-state index in [0.29, 0.717) is 35.6 Å². The van der Waals surface area contributed by atoms with Gasteiger partial charge in [-0.2, -0.15) is 0 Å². The second kappa shape index (κ2) is 17.9. The number of aromatic nitrogens is 3. The summed E-state index contributed by atoms with van der Waals surface area (Å²) in [6.45, 7) is 8.95. The maximum atomic E-state index is 14.2. The van der Waals surface area contributed by atoms with E-state index in [1.165, 1.54) is 35.1 Å². The SMILES string of the molecule is C/C=C1/C(N)CC(C)CC1Cc1nc(OC(=O)N(CCCN2CCCCC2)c2nnc(-c3ccc(NC(=O)c4ccccc4F)cc3CO)o2)ccc1C. The molecule has 1 aliphatic carbocycles. The van der Waals surface area contributed by atoms with E-state index in [2.05, 4.69) is 33.4 Å². The van der Waals surface area contributed by atoms with Gasteiger partial charge in [-0.05, 0) is 125 Å². The Morgan fingerprint density at radius 1 is 1.11 bits per heavy atom. The molecular weight excluding hydrogens is 689 g/mol. The molecule has 0 spiro atoms. The lowest BCUT2D eigenvalue weighted by atomic mass is 9.73. The predicted octanol–water partition coefficient (Wildman–Crippen LogP) is 7.07. The third-order valence-electron chi connectivity index (χ3n) is 10.4. The number of likely N-dealkylation sites (tertiary alicyclic amines) is 1. The molecule has 2 aliphatic rings. The molecule has 0 radical (unpaired) electrons. The van der Waals surface area contributed by atoms with Gasteiger partial charge in [0.05, 0.1) is 12.2 Å². The summed E-state index contributed by atoms with van der Waals surface area (Å²) in [6.07, 6.45) is 8.28. The molecule has 1 aliphatic heterocycles. The fraction of sp³-hybridized carbons (Fsp3) is 0.439. The Balaban J connectivity index is 1.21. The Kier molecular flexibility index (Phi) is 12.8. The van der Waals surface area contributed by atoms with Gasteiger partial charge in [-0.1, -0.05) is 48.3 Å². The Morgan fingerprint density at radius 2 is 1.91 bits per heavy atom. The van der Waals surface area contributed by atoms with Gasteiger partial charge in [0.25, 0.3) is 5.91 Å². The highest BCUT2D eigenvalue weighted by atomic mass is 19.1. The number of carbonyl (C=O) groups excluding carboxylic acids is 2. The third-order valence-corrected chi connectivity index (χ3v) is 10.4. The second-order valence-corrected chi connectivity index (χ2v) is 14.4. The number of aryl methyl sites for hydroxylation is 1. The van der Waals surface area contributed by atoms with Crippen LogP contribution in [-0.2, 0) is 13.0 Å². The Morgan fingerprint density at radius 3 is 2.67 bits per heavy atom. The zero-order valence-corrected chi connectivity index (χ0v) is 31.3. The number of anilines is 2. The molecule has 3 atom stereocenters. The van der Waals surface area contributed by atoms with Gasteiger partial charge < -0.3 is 30.2 Å². The lowest BCUT2D eigenvalue weighted by molar-refractivity contribution is 0.102. The molecule has 12 nitrogen and oxygen atoms in total. The summed E-state index contributed by atoms with van der Waals surface area (Å²) in [4.78, 5) is 35.1. The van der Waals surface area contributed by atoms with Crippen LogP contribution in [0.5, 0.6) is 5.88 Å². The number of halogens is 1. The topological polar surface area (TPSA) is 160 Å². The Hall–Kier alpha value is -4.98. The molecule has 4 aromatic rings. The van der Waals surface area contributed by atoms with Crippen molar-refractivity contribution >= 4 is 23.7 Å². The highest BCUT2D eigenvalue weighted by molar-refractivity contribution is 6.04. The van der Waals surface area contributed by atoms with Crippen molar-refractivity contribution in [3.05, 3.63) is 94.4 Å². The normalized spacial score (nSPS) is 19.8. The van der Waals surface area contributed by atoms with Gasteiger partial charge in [-0.15, -0.1) is 5.10 Å². The molecule has 0 bridgehead atoms. The van der Waals surface area contributed by atoms with E-state index in [4.69, 9.17) is 19.9 Å². The van der Waals surface area contributed by atoms with E-state index in [1.807, 2.05) is 19.9 Å². The Labute approximate surface area is 315 Å². The molecule has 2 amide bonds. The summed E-state index contributed by atoms with van der Waals surface area (Å²) in [5, 5.41) is 21.3. The maximum absolute atomic E-state index is 14.2. The largest absolute Gasteiger partial charge is 0.424 e. The lowest BCUT2D eigenvalue weighted by Gasteiger charge is -2.34. The molecule has 3 heterocycles. The van der Waals surface area contributed by atoms with Crippen LogP contribution in [0.15, 0.2) is 70.7 Å². The standard InChI is InChI=1S/C41H50FN7O5/c1-4-31-28(21-26(2)22-35(31)43)24-36-27(3)13-16-37(45-36)53-41(52)49(20-10-19-48-17-8-5-9-18-48)40-47-46-39(54-40)32-15-14-30(23-29(32)25-50)44-38(51)33-11-6-7-12-34(33)42/h4,6-7,11-16,23,26,28,35,50H,5,8-10,17-22,24-25,43H2,1-3H3,(H,44,51)/b31-4+. The molecule has 13 heteroatoms. The number of aliphatic hydroxyl groups excluding tert-OH is 1. The molecule has 1 saturated heterocycles. The number of benzene rings is 2. The number of pyridine rings is 1. The molecule has 2 aromatic carbocycles. The van der Waals surface area contributed by atoms with Crippen molar-refractivity contribution in [2.45, 2.75) is 78.4 Å². The number of hydrogen-bond donors (Lipinski definition) is 3. The zero-order valence-electron chi connectivity index (χ0n) is 31.3. The highest BCUT2D eigenvalue weighted by Gasteiger charge is 2.30. The van der Waals surface area contributed by atoms with Crippen molar-refractivity contribution in [3.63, 3.8) is 0 Å². The Bertz CT molecular complexity index is 1960. The number of amides is 2. The first-order chi connectivity index (χ1) is 26.1. The van der Waals surface area contributed by atoms with Crippen molar-refractivity contribution in [3.8, 4) is 17.3 Å². The quantitative estimate of drug-likeness (QED) is 0.128. The third kappa shape index (κ3) is 9.38. The summed E-state index contributed by atoms with van der Waals surface area (Å²) in [5.41, 5.74) is 10.6. The van der Waals surface area contributed by atoms with Gasteiger partial charge in [0.1, 0.15) is 5.82 Å². The molecule has 1 saturated carbocycles. The second-order valence-electron chi connectivity index (χ2n) is 14.4. The number of ether oxygens (including phenoxy) is 1. The number of aliphatic hydroxyl groups is 1. The van der Waals surface area contributed by atoms with Crippen molar-refractivity contribution in [2.24, 2.45) is 17.6 Å². The number of piperidine rings is 1. The predicted molar refractivity (Wildman–Crippen MR) is 205 cm³/mol. The number of nitrogens with zero attached hydrogens (tertiary/aromatic N) is 5. The van der Waals surface area contributed by atoms with Gasteiger partial charge in [0.15, 0.2) is 0 Å². The van der Waals surface area contributed by atoms with Gasteiger partial charge in [0, 0.05) is 35.6 Å². The van der Waals surface area contributed by atoms with E-state index in [1.54, 1.807) is 30.3 Å². The van der Waals surface area contributed by atoms with Crippen molar-refractivity contribution < 1.29 is 28.2 Å². The van der Waals surface area contributed by atoms with Crippen molar-refractivity contribution in [1.29, 1.82) is 0 Å². The minimum Gasteiger partial charge on any atom is -0.403 e. The molecule has 2 fully saturated rings. The van der Waals surface area contributed by atoms with Crippen molar-refractivity contribution in [1.82, 2.24) is 20.1 Å². The first-order valence-corrected chi connectivity index (χ1v) is 18.9. The van der Waals surface area contributed by atoms with Gasteiger partial charge in [0.2, 0.25) is 11.8 Å². The average molecular weight is 740 g/mol. The van der Waals surface area contributed by atoms with Gasteiger partial charge in [-0.3, -0.25) is 4.79 Å². The van der Waals surface area contributed by atoms with Crippen molar-refractivity contribution in [2.75, 3.05) is 36.4 Å². The summed E-state index contributed by atoms with van der Waals surface area (Å²) < 4.78 is 26.2. The fourth-order valence-electron chi connectivity index (χ4n) is 7.62. The molecule has 54 heavy (non-hydrogen) atoms. The van der Waals surface area contributed by atoms with E-state index in [0.717, 1.165) is 56.6 Å². The first-order valence-electron chi connectivity index (χ1n) is 18.9. The number of nitrogens with two attached hydrogens (primary N) is 1. The minimum atomic E-state index is -0.706. The fourth-order valence-corrected chi connectivity index (χ4v) is 7.62. The van der Waals surface area contributed by atoms with Crippen LogP contribution in [0.3, 0.4) is 0 Å². The molecular formula is C41H50FN7O5. The van der Waals surface area contributed by atoms with Crippen LogP contribution >= 0.6 is 0 Å². The average Bonchev–Trinajstić information content (AvgIpc) is 3.64. The molecule has 2 aromatic heterocycles. The van der Waals surface area contributed by atoms with E-state index in [9.17, 15) is 19.1 Å². The van der Waals surface area contributed by atoms with E-state index >= 15 is 0 Å². The monoisotopic (exact) mass is 739 g/mol. The number of carbonyl (C=O) groups is 2. The highest BCUT2D eigenvalue weighted by Crippen LogP contribution is 2.35. The van der Waals surface area contributed by atoms with Gasteiger partial charge >= 0.3 is 12.1 Å². The molecule has 3 unspecified atom stereocenters. The number of rotatable bonds is 12. The first kappa shape index (κ1) is 38.7. The minimum absolute atomic E-state index is 0.0284. The van der Waals surface area contributed by atoms with E-state index in [-0.39, 0.29) is 41.9 Å².